The Morgan fingerprint density at radius 2 is 1.94 bits per heavy atom. The molecule has 2 aromatic rings. The number of benzene rings is 2. The predicted molar refractivity (Wildman–Crippen MR) is 75.7 cm³/mol. The standard InChI is InChI=1S/C14H13ClN2O/c1-18-14-9-11(7-8-13(14)15)10-16-17-12-5-3-2-4-6-12/h2-10,17H,1H3. The summed E-state index contributed by atoms with van der Waals surface area (Å²) in [4.78, 5) is 0. The number of halogens is 1. The van der Waals surface area contributed by atoms with Gasteiger partial charge >= 0.3 is 0 Å². The van der Waals surface area contributed by atoms with E-state index >= 15 is 0 Å². The minimum Gasteiger partial charge on any atom is -0.495 e. The first-order valence-electron chi connectivity index (χ1n) is 5.47. The molecule has 0 saturated heterocycles. The first kappa shape index (κ1) is 12.5. The van der Waals surface area contributed by atoms with Gasteiger partial charge in [0.05, 0.1) is 24.0 Å². The summed E-state index contributed by atoms with van der Waals surface area (Å²) in [6.45, 7) is 0. The molecule has 2 aromatic carbocycles. The van der Waals surface area contributed by atoms with Crippen molar-refractivity contribution < 1.29 is 4.74 Å². The number of anilines is 1. The van der Waals surface area contributed by atoms with Crippen LogP contribution in [0.1, 0.15) is 5.56 Å². The third kappa shape index (κ3) is 3.25. The number of para-hydroxylation sites is 1. The van der Waals surface area contributed by atoms with E-state index in [1.807, 2.05) is 42.5 Å². The number of ether oxygens (including phenoxy) is 1. The fourth-order valence-electron chi connectivity index (χ4n) is 1.45. The molecule has 18 heavy (non-hydrogen) atoms. The van der Waals surface area contributed by atoms with E-state index in [0.29, 0.717) is 10.8 Å². The Bertz CT molecular complexity index is 541. The zero-order valence-electron chi connectivity index (χ0n) is 9.93. The molecule has 1 N–H and O–H groups in total. The lowest BCUT2D eigenvalue weighted by atomic mass is 10.2. The summed E-state index contributed by atoms with van der Waals surface area (Å²) in [5, 5.41) is 4.73. The Kier molecular flexibility index (Phi) is 4.20. The van der Waals surface area contributed by atoms with Crippen LogP contribution in [0.2, 0.25) is 5.02 Å². The molecule has 2 rings (SSSR count). The van der Waals surface area contributed by atoms with Crippen molar-refractivity contribution in [1.82, 2.24) is 0 Å². The summed E-state index contributed by atoms with van der Waals surface area (Å²) < 4.78 is 5.14. The van der Waals surface area contributed by atoms with Crippen LogP contribution in [0, 0.1) is 0 Å². The van der Waals surface area contributed by atoms with Gasteiger partial charge in [-0.05, 0) is 29.8 Å². The van der Waals surface area contributed by atoms with Gasteiger partial charge in [0.2, 0.25) is 0 Å². The Hall–Kier alpha value is -2.00. The zero-order chi connectivity index (χ0) is 12.8. The number of hydrogen-bond acceptors (Lipinski definition) is 3. The highest BCUT2D eigenvalue weighted by Crippen LogP contribution is 2.24. The van der Waals surface area contributed by atoms with Crippen LogP contribution in [-0.4, -0.2) is 13.3 Å². The highest BCUT2D eigenvalue weighted by molar-refractivity contribution is 6.32. The van der Waals surface area contributed by atoms with Crippen molar-refractivity contribution in [2.75, 3.05) is 12.5 Å². The second-order valence-corrected chi connectivity index (χ2v) is 4.04. The smallest absolute Gasteiger partial charge is 0.138 e. The van der Waals surface area contributed by atoms with Crippen LogP contribution < -0.4 is 10.2 Å². The van der Waals surface area contributed by atoms with Gasteiger partial charge in [-0.1, -0.05) is 35.9 Å². The van der Waals surface area contributed by atoms with Gasteiger partial charge in [-0.3, -0.25) is 5.43 Å². The Morgan fingerprint density at radius 3 is 2.67 bits per heavy atom. The van der Waals surface area contributed by atoms with Crippen LogP contribution in [0.4, 0.5) is 5.69 Å². The van der Waals surface area contributed by atoms with E-state index in [-0.39, 0.29) is 0 Å². The maximum Gasteiger partial charge on any atom is 0.138 e. The van der Waals surface area contributed by atoms with Gasteiger partial charge in [-0.15, -0.1) is 0 Å². The van der Waals surface area contributed by atoms with Crippen LogP contribution in [0.25, 0.3) is 0 Å². The van der Waals surface area contributed by atoms with Crippen molar-refractivity contribution >= 4 is 23.5 Å². The minimum atomic E-state index is 0.589. The molecule has 0 aromatic heterocycles. The molecular weight excluding hydrogens is 248 g/mol. The van der Waals surface area contributed by atoms with Crippen molar-refractivity contribution in [2.24, 2.45) is 5.10 Å². The average Bonchev–Trinajstić information content (AvgIpc) is 2.42. The number of rotatable bonds is 4. The van der Waals surface area contributed by atoms with E-state index in [1.54, 1.807) is 19.4 Å². The molecule has 0 aliphatic rings. The molecule has 0 amide bonds. The second kappa shape index (κ2) is 6.07. The van der Waals surface area contributed by atoms with Crippen molar-refractivity contribution in [3.63, 3.8) is 0 Å². The molecule has 0 heterocycles. The molecule has 0 unspecified atom stereocenters. The van der Waals surface area contributed by atoms with E-state index in [0.717, 1.165) is 11.3 Å². The lowest BCUT2D eigenvalue weighted by molar-refractivity contribution is 0.415. The van der Waals surface area contributed by atoms with Crippen LogP contribution in [0.15, 0.2) is 53.6 Å². The van der Waals surface area contributed by atoms with Crippen LogP contribution in [0.3, 0.4) is 0 Å². The Morgan fingerprint density at radius 1 is 1.17 bits per heavy atom. The third-order valence-corrected chi connectivity index (χ3v) is 2.67. The monoisotopic (exact) mass is 260 g/mol. The molecule has 0 spiro atoms. The number of hydrogen-bond donors (Lipinski definition) is 1. The lowest BCUT2D eigenvalue weighted by Gasteiger charge is -2.03. The molecular formula is C14H13ClN2O. The summed E-state index contributed by atoms with van der Waals surface area (Å²) in [6, 6.07) is 15.2. The third-order valence-electron chi connectivity index (χ3n) is 2.36. The largest absolute Gasteiger partial charge is 0.495 e. The van der Waals surface area contributed by atoms with Crippen LogP contribution in [-0.2, 0) is 0 Å². The number of nitrogens with one attached hydrogen (secondary N) is 1. The van der Waals surface area contributed by atoms with E-state index in [4.69, 9.17) is 16.3 Å². The second-order valence-electron chi connectivity index (χ2n) is 3.63. The molecule has 0 aliphatic carbocycles. The van der Waals surface area contributed by atoms with Crippen molar-refractivity contribution in [3.8, 4) is 5.75 Å². The van der Waals surface area contributed by atoms with E-state index in [9.17, 15) is 0 Å². The summed E-state index contributed by atoms with van der Waals surface area (Å²) in [7, 11) is 1.59. The van der Waals surface area contributed by atoms with Gasteiger partial charge in [0.1, 0.15) is 5.75 Å². The highest BCUT2D eigenvalue weighted by Gasteiger charge is 1.99. The fourth-order valence-corrected chi connectivity index (χ4v) is 1.65. The van der Waals surface area contributed by atoms with E-state index < -0.39 is 0 Å². The van der Waals surface area contributed by atoms with Gasteiger partial charge in [0, 0.05) is 0 Å². The quantitative estimate of drug-likeness (QED) is 0.670. The first-order chi connectivity index (χ1) is 8.79. The van der Waals surface area contributed by atoms with Crippen molar-refractivity contribution in [1.29, 1.82) is 0 Å². The molecule has 0 fully saturated rings. The molecule has 0 atom stereocenters. The number of nitrogens with zero attached hydrogens (tertiary/aromatic N) is 1. The summed E-state index contributed by atoms with van der Waals surface area (Å²) in [5.41, 5.74) is 4.80. The van der Waals surface area contributed by atoms with Gasteiger partial charge in [-0.2, -0.15) is 5.10 Å². The molecule has 3 nitrogen and oxygen atoms in total. The SMILES string of the molecule is COc1cc(C=NNc2ccccc2)ccc1Cl. The molecule has 4 heteroatoms. The Balaban J connectivity index is 2.05. The van der Waals surface area contributed by atoms with Gasteiger partial charge < -0.3 is 4.74 Å². The minimum absolute atomic E-state index is 0.589. The molecule has 92 valence electrons. The molecule has 0 aliphatic heterocycles. The number of methoxy groups -OCH3 is 1. The molecule has 0 bridgehead atoms. The van der Waals surface area contributed by atoms with Gasteiger partial charge in [0.15, 0.2) is 0 Å². The topological polar surface area (TPSA) is 33.6 Å². The summed E-state index contributed by atoms with van der Waals surface area (Å²) in [6.07, 6.45) is 1.71. The fraction of sp³-hybridized carbons (Fsp3) is 0.0714. The highest BCUT2D eigenvalue weighted by atomic mass is 35.5. The normalized spacial score (nSPS) is 10.6. The first-order valence-corrected chi connectivity index (χ1v) is 5.85. The van der Waals surface area contributed by atoms with E-state index in [1.165, 1.54) is 0 Å². The summed E-state index contributed by atoms with van der Waals surface area (Å²) in [5.74, 6) is 0.639. The maximum atomic E-state index is 5.94. The maximum absolute atomic E-state index is 5.94. The number of hydrazone groups is 1. The Labute approximate surface area is 111 Å². The summed E-state index contributed by atoms with van der Waals surface area (Å²) >= 11 is 5.94. The molecule has 0 radical (unpaired) electrons. The average molecular weight is 261 g/mol. The van der Waals surface area contributed by atoms with Gasteiger partial charge in [0.25, 0.3) is 0 Å². The zero-order valence-corrected chi connectivity index (χ0v) is 10.7. The van der Waals surface area contributed by atoms with Crippen molar-refractivity contribution in [3.05, 3.63) is 59.1 Å². The van der Waals surface area contributed by atoms with Crippen molar-refractivity contribution in [2.45, 2.75) is 0 Å². The lowest BCUT2D eigenvalue weighted by Crippen LogP contribution is -1.91. The van der Waals surface area contributed by atoms with Crippen LogP contribution >= 0.6 is 11.6 Å². The molecule has 0 saturated carbocycles. The predicted octanol–water partition coefficient (Wildman–Crippen LogP) is 3.79. The van der Waals surface area contributed by atoms with Gasteiger partial charge in [-0.25, -0.2) is 0 Å². The van der Waals surface area contributed by atoms with Crippen LogP contribution in [0.5, 0.6) is 5.75 Å². The van der Waals surface area contributed by atoms with E-state index in [2.05, 4.69) is 10.5 Å².